The van der Waals surface area contributed by atoms with Gasteiger partial charge in [-0.1, -0.05) is 45.2 Å². The van der Waals surface area contributed by atoms with E-state index in [1.807, 2.05) is 31.2 Å². The molecule has 0 amide bonds. The molecule has 2 heterocycles. The van der Waals surface area contributed by atoms with Crippen molar-refractivity contribution in [1.29, 1.82) is 5.26 Å². The van der Waals surface area contributed by atoms with E-state index in [2.05, 4.69) is 31.1 Å². The van der Waals surface area contributed by atoms with Crippen LogP contribution in [-0.2, 0) is 6.42 Å². The summed E-state index contributed by atoms with van der Waals surface area (Å²) in [5.41, 5.74) is 3.12. The maximum Gasteiger partial charge on any atom is 0.264 e. The number of nitrogens with one attached hydrogen (secondary N) is 1. The van der Waals surface area contributed by atoms with Gasteiger partial charge in [0.1, 0.15) is 11.4 Å². The maximum atomic E-state index is 15.4. The van der Waals surface area contributed by atoms with E-state index in [-0.39, 0.29) is 45.0 Å². The van der Waals surface area contributed by atoms with Gasteiger partial charge in [-0.05, 0) is 55.0 Å². The van der Waals surface area contributed by atoms with E-state index in [1.165, 1.54) is 30.3 Å². The Balaban J connectivity index is 1.44. The number of H-pyrrole nitrogens is 1. The number of halogens is 4. The van der Waals surface area contributed by atoms with Gasteiger partial charge in [-0.3, -0.25) is 0 Å². The summed E-state index contributed by atoms with van der Waals surface area (Å²) >= 11 is 15.7. The van der Waals surface area contributed by atoms with Crippen molar-refractivity contribution in [2.24, 2.45) is 0 Å². The lowest BCUT2D eigenvalue weighted by Gasteiger charge is -2.11. The average Bonchev–Trinajstić information content (AvgIpc) is 3.42. The normalized spacial score (nSPS) is 11.1. The molecule has 2 aromatic heterocycles. The van der Waals surface area contributed by atoms with Gasteiger partial charge >= 0.3 is 0 Å². The molecule has 0 unspecified atom stereocenters. The van der Waals surface area contributed by atoms with Crippen LogP contribution in [0.4, 0.5) is 4.39 Å². The van der Waals surface area contributed by atoms with Crippen molar-refractivity contribution in [2.45, 2.75) is 13.3 Å². The predicted octanol–water partition coefficient (Wildman–Crippen LogP) is 7.99. The van der Waals surface area contributed by atoms with Crippen LogP contribution in [0.5, 0.6) is 11.5 Å². The zero-order chi connectivity index (χ0) is 24.7. The molecule has 5 rings (SSSR count). The lowest BCUT2D eigenvalue weighted by atomic mass is 10.1. The Bertz CT molecular complexity index is 1640. The standard InChI is InChI=1S/C25H14BrCl2FN4O2/c1-12-18-9-15(26)3-5-20(18)31-23(12)25-33-32-21(35-25)8-14-2-4-19(28)24(22(14)29)34-17-7-13(11-30)6-16(27)10-17/h2-7,9-10,31H,8H2,1H3. The predicted molar refractivity (Wildman–Crippen MR) is 134 cm³/mol. The number of rotatable bonds is 5. The number of nitriles is 1. The van der Waals surface area contributed by atoms with Crippen LogP contribution in [0.25, 0.3) is 22.5 Å². The monoisotopic (exact) mass is 570 g/mol. The number of nitrogens with zero attached hydrogens (tertiary/aromatic N) is 3. The molecule has 3 aromatic carbocycles. The summed E-state index contributed by atoms with van der Waals surface area (Å²) in [5.74, 6) is -0.151. The van der Waals surface area contributed by atoms with Crippen LogP contribution < -0.4 is 4.74 Å². The third-order valence-electron chi connectivity index (χ3n) is 5.39. The molecule has 0 atom stereocenters. The van der Waals surface area contributed by atoms with Crippen LogP contribution in [0.15, 0.2) is 57.4 Å². The molecular weight excluding hydrogens is 558 g/mol. The highest BCUT2D eigenvalue weighted by molar-refractivity contribution is 9.10. The van der Waals surface area contributed by atoms with Crippen molar-refractivity contribution in [3.63, 3.8) is 0 Å². The van der Waals surface area contributed by atoms with Gasteiger partial charge < -0.3 is 14.1 Å². The number of fused-ring (bicyclic) bond motifs is 1. The Morgan fingerprint density at radius 1 is 1.14 bits per heavy atom. The van der Waals surface area contributed by atoms with Gasteiger partial charge in [0, 0.05) is 26.0 Å². The lowest BCUT2D eigenvalue weighted by Crippen LogP contribution is -1.98. The molecule has 0 aliphatic heterocycles. The molecule has 0 spiro atoms. The highest BCUT2D eigenvalue weighted by atomic mass is 79.9. The zero-order valence-electron chi connectivity index (χ0n) is 18.0. The van der Waals surface area contributed by atoms with Gasteiger partial charge in [0.2, 0.25) is 5.89 Å². The lowest BCUT2D eigenvalue weighted by molar-refractivity contribution is 0.437. The molecule has 0 radical (unpaired) electrons. The second-order valence-corrected chi connectivity index (χ2v) is 9.49. The first kappa shape index (κ1) is 23.4. The summed E-state index contributed by atoms with van der Waals surface area (Å²) in [4.78, 5) is 3.29. The third-order valence-corrected chi connectivity index (χ3v) is 6.40. The Kier molecular flexibility index (Phi) is 6.24. The first-order valence-corrected chi connectivity index (χ1v) is 11.8. The van der Waals surface area contributed by atoms with E-state index in [0.29, 0.717) is 11.6 Å². The van der Waals surface area contributed by atoms with Gasteiger partial charge in [-0.15, -0.1) is 10.2 Å². The highest BCUT2D eigenvalue weighted by Crippen LogP contribution is 2.36. The number of aromatic amines is 1. The fourth-order valence-corrected chi connectivity index (χ4v) is 4.48. The average molecular weight is 572 g/mol. The maximum absolute atomic E-state index is 15.4. The SMILES string of the molecule is Cc1c(-c2nnc(Cc3ccc(Cl)c(Oc4cc(Cl)cc(C#N)c4)c3F)o2)[nH]c2ccc(Br)cc12. The van der Waals surface area contributed by atoms with Crippen molar-refractivity contribution in [3.05, 3.63) is 91.4 Å². The van der Waals surface area contributed by atoms with E-state index in [0.717, 1.165) is 20.9 Å². The number of ether oxygens (including phenoxy) is 1. The first-order valence-electron chi connectivity index (χ1n) is 10.3. The van der Waals surface area contributed by atoms with Gasteiger partial charge in [-0.2, -0.15) is 5.26 Å². The molecular formula is C25H14BrCl2FN4O2. The van der Waals surface area contributed by atoms with Crippen molar-refractivity contribution < 1.29 is 13.5 Å². The second-order valence-electron chi connectivity index (χ2n) is 7.73. The number of aromatic nitrogens is 3. The van der Waals surface area contributed by atoms with Crippen LogP contribution in [0.3, 0.4) is 0 Å². The van der Waals surface area contributed by atoms with Crippen LogP contribution in [0.2, 0.25) is 10.0 Å². The highest BCUT2D eigenvalue weighted by Gasteiger charge is 2.20. The summed E-state index contributed by atoms with van der Waals surface area (Å²) in [5, 5.41) is 18.7. The molecule has 6 nitrogen and oxygen atoms in total. The Morgan fingerprint density at radius 3 is 2.77 bits per heavy atom. The number of benzene rings is 3. The molecule has 174 valence electrons. The molecule has 35 heavy (non-hydrogen) atoms. The summed E-state index contributed by atoms with van der Waals surface area (Å²) in [7, 11) is 0. The van der Waals surface area contributed by atoms with Crippen LogP contribution in [0, 0.1) is 24.1 Å². The van der Waals surface area contributed by atoms with Crippen molar-refractivity contribution in [3.8, 4) is 29.2 Å². The molecule has 0 bridgehead atoms. The van der Waals surface area contributed by atoms with Crippen LogP contribution >= 0.6 is 39.1 Å². The van der Waals surface area contributed by atoms with E-state index < -0.39 is 5.82 Å². The molecule has 0 saturated carbocycles. The van der Waals surface area contributed by atoms with Gasteiger partial charge in [0.25, 0.3) is 5.89 Å². The molecule has 10 heteroatoms. The van der Waals surface area contributed by atoms with E-state index in [1.54, 1.807) is 0 Å². The summed E-state index contributed by atoms with van der Waals surface area (Å²) in [6.45, 7) is 1.96. The van der Waals surface area contributed by atoms with E-state index >= 15 is 4.39 Å². The summed E-state index contributed by atoms with van der Waals surface area (Å²) < 4.78 is 27.8. The topological polar surface area (TPSA) is 87.7 Å². The molecule has 5 aromatic rings. The quantitative estimate of drug-likeness (QED) is 0.231. The smallest absolute Gasteiger partial charge is 0.264 e. The largest absolute Gasteiger partial charge is 0.453 e. The Labute approximate surface area is 217 Å². The number of hydrogen-bond acceptors (Lipinski definition) is 5. The van der Waals surface area contributed by atoms with Crippen molar-refractivity contribution in [1.82, 2.24) is 15.2 Å². The second kappa shape index (κ2) is 9.34. The fourth-order valence-electron chi connectivity index (χ4n) is 3.71. The zero-order valence-corrected chi connectivity index (χ0v) is 21.1. The Morgan fingerprint density at radius 2 is 1.97 bits per heavy atom. The first-order chi connectivity index (χ1) is 16.8. The fraction of sp³-hybridized carbons (Fsp3) is 0.0800. The minimum atomic E-state index is -0.678. The molecule has 0 fully saturated rings. The number of hydrogen-bond donors (Lipinski definition) is 1. The molecule has 1 N–H and O–H groups in total. The third kappa shape index (κ3) is 4.63. The van der Waals surface area contributed by atoms with Gasteiger partial charge in [0.15, 0.2) is 11.6 Å². The minimum absolute atomic E-state index is 0.0240. The molecule has 0 saturated heterocycles. The van der Waals surface area contributed by atoms with Crippen molar-refractivity contribution in [2.75, 3.05) is 0 Å². The van der Waals surface area contributed by atoms with Gasteiger partial charge in [0.05, 0.1) is 23.1 Å². The van der Waals surface area contributed by atoms with E-state index in [9.17, 15) is 0 Å². The van der Waals surface area contributed by atoms with E-state index in [4.69, 9.17) is 37.6 Å². The summed E-state index contributed by atoms with van der Waals surface area (Å²) in [6.07, 6.45) is 0.0240. The van der Waals surface area contributed by atoms with Crippen LogP contribution in [-0.4, -0.2) is 15.2 Å². The summed E-state index contributed by atoms with van der Waals surface area (Å²) in [6, 6.07) is 15.3. The Hall–Kier alpha value is -3.38. The van der Waals surface area contributed by atoms with Crippen LogP contribution in [0.1, 0.15) is 22.6 Å². The molecule has 0 aliphatic carbocycles. The van der Waals surface area contributed by atoms with Crippen molar-refractivity contribution >= 4 is 50.0 Å². The number of aryl methyl sites for hydroxylation is 1. The van der Waals surface area contributed by atoms with Gasteiger partial charge in [-0.25, -0.2) is 4.39 Å². The minimum Gasteiger partial charge on any atom is -0.453 e. The molecule has 0 aliphatic rings.